The van der Waals surface area contributed by atoms with Crippen LogP contribution in [0.25, 0.3) is 0 Å². The molecule has 16 heavy (non-hydrogen) atoms. The van der Waals surface area contributed by atoms with Gasteiger partial charge in [0.1, 0.15) is 15.5 Å². The van der Waals surface area contributed by atoms with E-state index in [1.165, 1.54) is 7.11 Å². The Hall–Kier alpha value is -0.200. The van der Waals surface area contributed by atoms with Crippen LogP contribution in [0.3, 0.4) is 0 Å². The van der Waals surface area contributed by atoms with Gasteiger partial charge in [0.2, 0.25) is 0 Å². The molecule has 0 amide bonds. The maximum Gasteiger partial charge on any atom is 0.147 e. The zero-order valence-electron chi connectivity index (χ0n) is 10.0. The fourth-order valence-electron chi connectivity index (χ4n) is 1.60. The van der Waals surface area contributed by atoms with Gasteiger partial charge in [-0.3, -0.25) is 0 Å². The Morgan fingerprint density at radius 2 is 1.88 bits per heavy atom. The molecule has 98 valence electrons. The number of methoxy groups -OCH3 is 1. The molecule has 6 heteroatoms. The molecule has 0 rings (SSSR count). The highest BCUT2D eigenvalue weighted by Crippen LogP contribution is 2.25. The number of hydrogen-bond acceptors (Lipinski definition) is 4. The van der Waals surface area contributed by atoms with Crippen LogP contribution in [0.4, 0.5) is 4.39 Å². The van der Waals surface area contributed by atoms with Crippen LogP contribution in [0.1, 0.15) is 25.7 Å². The Kier molecular flexibility index (Phi) is 7.10. The van der Waals surface area contributed by atoms with Gasteiger partial charge in [-0.15, -0.1) is 0 Å². The predicted octanol–water partition coefficient (Wildman–Crippen LogP) is 0.905. The molecular formula is C10H22FNO3S. The average Bonchev–Trinajstić information content (AvgIpc) is 2.13. The van der Waals surface area contributed by atoms with Crippen molar-refractivity contribution < 1.29 is 17.5 Å². The van der Waals surface area contributed by atoms with Crippen molar-refractivity contribution in [1.82, 2.24) is 0 Å². The van der Waals surface area contributed by atoms with Crippen molar-refractivity contribution in [3.8, 4) is 0 Å². The Bertz CT molecular complexity index is 282. The molecule has 0 aliphatic rings. The summed E-state index contributed by atoms with van der Waals surface area (Å²) in [6.07, 6.45) is 2.58. The van der Waals surface area contributed by atoms with Gasteiger partial charge < -0.3 is 10.5 Å². The van der Waals surface area contributed by atoms with Gasteiger partial charge in [-0.2, -0.15) is 0 Å². The molecule has 0 aromatic carbocycles. The molecule has 0 bridgehead atoms. The van der Waals surface area contributed by atoms with Gasteiger partial charge in [0.15, 0.2) is 0 Å². The molecule has 0 saturated carbocycles. The maximum absolute atomic E-state index is 14.2. The van der Waals surface area contributed by atoms with Crippen LogP contribution in [-0.4, -0.2) is 46.4 Å². The highest BCUT2D eigenvalue weighted by molar-refractivity contribution is 7.90. The number of rotatable bonds is 9. The van der Waals surface area contributed by atoms with E-state index in [-0.39, 0.29) is 18.8 Å². The van der Waals surface area contributed by atoms with Crippen LogP contribution in [0.5, 0.6) is 0 Å². The first kappa shape index (κ1) is 15.8. The first-order valence-corrected chi connectivity index (χ1v) is 7.45. The van der Waals surface area contributed by atoms with Crippen molar-refractivity contribution in [1.29, 1.82) is 0 Å². The molecule has 0 heterocycles. The Labute approximate surface area is 97.3 Å². The standard InChI is InChI=1S/C10H22FNO3S/c1-15-9-10(11,5-3-7-12)6-4-8-16(2,13)14/h3-9,12H2,1-2H3. The number of hydrogen-bond donors (Lipinski definition) is 1. The number of sulfone groups is 1. The summed E-state index contributed by atoms with van der Waals surface area (Å²) in [6, 6.07) is 0. The van der Waals surface area contributed by atoms with Gasteiger partial charge in [0.05, 0.1) is 6.61 Å². The second-order valence-corrected chi connectivity index (χ2v) is 6.47. The number of ether oxygens (including phenoxy) is 1. The van der Waals surface area contributed by atoms with Crippen LogP contribution >= 0.6 is 0 Å². The van der Waals surface area contributed by atoms with Gasteiger partial charge in [-0.25, -0.2) is 12.8 Å². The lowest BCUT2D eigenvalue weighted by Gasteiger charge is -2.24. The van der Waals surface area contributed by atoms with Crippen molar-refractivity contribution in [2.45, 2.75) is 31.4 Å². The third kappa shape index (κ3) is 8.01. The summed E-state index contributed by atoms with van der Waals surface area (Å²) >= 11 is 0. The third-order valence-corrected chi connectivity index (χ3v) is 3.40. The Balaban J connectivity index is 4.11. The Morgan fingerprint density at radius 1 is 1.31 bits per heavy atom. The van der Waals surface area contributed by atoms with Crippen molar-refractivity contribution >= 4 is 9.84 Å². The molecular weight excluding hydrogens is 233 g/mol. The molecule has 0 aromatic rings. The van der Waals surface area contributed by atoms with E-state index in [2.05, 4.69) is 0 Å². The van der Waals surface area contributed by atoms with E-state index in [1.807, 2.05) is 0 Å². The topological polar surface area (TPSA) is 69.4 Å². The molecule has 0 spiro atoms. The minimum Gasteiger partial charge on any atom is -0.381 e. The molecule has 2 N–H and O–H groups in total. The number of nitrogens with two attached hydrogens (primary N) is 1. The van der Waals surface area contributed by atoms with Crippen molar-refractivity contribution in [2.24, 2.45) is 5.73 Å². The van der Waals surface area contributed by atoms with Crippen LogP contribution in [0, 0.1) is 0 Å². The van der Waals surface area contributed by atoms with E-state index in [0.29, 0.717) is 25.8 Å². The molecule has 0 radical (unpaired) electrons. The highest BCUT2D eigenvalue weighted by Gasteiger charge is 2.28. The van der Waals surface area contributed by atoms with E-state index in [0.717, 1.165) is 6.26 Å². The third-order valence-electron chi connectivity index (χ3n) is 2.37. The molecule has 0 fully saturated rings. The SMILES string of the molecule is COCC(F)(CCCN)CCCS(C)(=O)=O. The molecule has 4 nitrogen and oxygen atoms in total. The smallest absolute Gasteiger partial charge is 0.147 e. The van der Waals surface area contributed by atoms with Gasteiger partial charge in [-0.05, 0) is 32.2 Å². The lowest BCUT2D eigenvalue weighted by Crippen LogP contribution is -2.30. The fraction of sp³-hybridized carbons (Fsp3) is 1.00. The summed E-state index contributed by atoms with van der Waals surface area (Å²) in [5.41, 5.74) is 3.88. The highest BCUT2D eigenvalue weighted by atomic mass is 32.2. The predicted molar refractivity (Wildman–Crippen MR) is 62.9 cm³/mol. The van der Waals surface area contributed by atoms with Crippen LogP contribution in [0.15, 0.2) is 0 Å². The van der Waals surface area contributed by atoms with Gasteiger partial charge >= 0.3 is 0 Å². The Morgan fingerprint density at radius 3 is 2.31 bits per heavy atom. The van der Waals surface area contributed by atoms with Crippen molar-refractivity contribution in [2.75, 3.05) is 32.3 Å². The number of alkyl halides is 1. The van der Waals surface area contributed by atoms with Gasteiger partial charge in [-0.1, -0.05) is 0 Å². The van der Waals surface area contributed by atoms with Gasteiger partial charge in [0.25, 0.3) is 0 Å². The summed E-state index contributed by atoms with van der Waals surface area (Å²) in [4.78, 5) is 0. The van der Waals surface area contributed by atoms with E-state index < -0.39 is 15.5 Å². The first-order valence-electron chi connectivity index (χ1n) is 5.39. The van der Waals surface area contributed by atoms with Crippen LogP contribution in [0.2, 0.25) is 0 Å². The van der Waals surface area contributed by atoms with E-state index in [9.17, 15) is 12.8 Å². The van der Waals surface area contributed by atoms with Crippen molar-refractivity contribution in [3.05, 3.63) is 0 Å². The van der Waals surface area contributed by atoms with E-state index >= 15 is 0 Å². The lowest BCUT2D eigenvalue weighted by molar-refractivity contribution is 0.0264. The van der Waals surface area contributed by atoms with Crippen LogP contribution < -0.4 is 5.73 Å². The molecule has 0 saturated heterocycles. The molecule has 0 aromatic heterocycles. The summed E-state index contributed by atoms with van der Waals surface area (Å²) in [7, 11) is -1.58. The molecule has 1 unspecified atom stereocenters. The minimum atomic E-state index is -3.01. The van der Waals surface area contributed by atoms with Crippen LogP contribution in [-0.2, 0) is 14.6 Å². The second kappa shape index (κ2) is 7.19. The molecule has 1 atom stereocenters. The lowest BCUT2D eigenvalue weighted by atomic mass is 9.95. The summed E-state index contributed by atoms with van der Waals surface area (Å²) in [5, 5.41) is 0. The zero-order valence-corrected chi connectivity index (χ0v) is 10.9. The van der Waals surface area contributed by atoms with Crippen molar-refractivity contribution in [3.63, 3.8) is 0 Å². The summed E-state index contributed by atoms with van der Waals surface area (Å²) in [6.45, 7) is 0.429. The molecule has 0 aliphatic heterocycles. The second-order valence-electron chi connectivity index (χ2n) is 4.21. The number of halogens is 1. The first-order chi connectivity index (χ1) is 7.33. The monoisotopic (exact) mass is 255 g/mol. The summed E-state index contributed by atoms with van der Waals surface area (Å²) < 4.78 is 40.8. The maximum atomic E-state index is 14.2. The van der Waals surface area contributed by atoms with E-state index in [1.54, 1.807) is 0 Å². The van der Waals surface area contributed by atoms with E-state index in [4.69, 9.17) is 10.5 Å². The zero-order chi connectivity index (χ0) is 12.7. The normalized spacial score (nSPS) is 16.0. The average molecular weight is 255 g/mol. The minimum absolute atomic E-state index is 0.00321. The quantitative estimate of drug-likeness (QED) is 0.664. The molecule has 0 aliphatic carbocycles. The fourth-order valence-corrected chi connectivity index (χ4v) is 2.27. The summed E-state index contributed by atoms with van der Waals surface area (Å²) in [5.74, 6) is 0.0189. The largest absolute Gasteiger partial charge is 0.381 e. The van der Waals surface area contributed by atoms with Gasteiger partial charge in [0, 0.05) is 19.1 Å².